The summed E-state index contributed by atoms with van der Waals surface area (Å²) >= 11 is 0. The maximum Gasteiger partial charge on any atom is 0.265 e. The minimum absolute atomic E-state index is 0.0824. The number of nitrogens with zero attached hydrogens (tertiary/aromatic N) is 1. The number of anilines is 1. The van der Waals surface area contributed by atoms with E-state index in [0.29, 0.717) is 28.7 Å². The van der Waals surface area contributed by atoms with Crippen LogP contribution in [0.4, 0.5) is 5.69 Å². The van der Waals surface area contributed by atoms with Crippen molar-refractivity contribution in [1.29, 1.82) is 0 Å². The fraction of sp³-hybridized carbons (Fsp3) is 0.143. The lowest BCUT2D eigenvalue weighted by Gasteiger charge is -2.39. The van der Waals surface area contributed by atoms with Crippen molar-refractivity contribution in [2.24, 2.45) is 0 Å². The molecule has 0 radical (unpaired) electrons. The topological polar surface area (TPSA) is 74.3 Å². The minimum Gasteiger partial charge on any atom is -0.454 e. The van der Waals surface area contributed by atoms with Gasteiger partial charge in [0.25, 0.3) is 10.0 Å². The summed E-state index contributed by atoms with van der Waals surface area (Å²) in [4.78, 5) is 0.210. The van der Waals surface area contributed by atoms with Crippen LogP contribution in [-0.4, -0.2) is 22.0 Å². The summed E-state index contributed by atoms with van der Waals surface area (Å²) in [5.74, 6) is 2.29. The lowest BCUT2D eigenvalue weighted by molar-refractivity contribution is 0.173. The molecule has 3 aliphatic rings. The van der Waals surface area contributed by atoms with Gasteiger partial charge in [-0.1, -0.05) is 48.0 Å². The molecule has 1 unspecified atom stereocenters. The molecule has 36 heavy (non-hydrogen) atoms. The third-order valence-corrected chi connectivity index (χ3v) is 8.58. The van der Waals surface area contributed by atoms with Crippen molar-refractivity contribution in [3.8, 4) is 34.1 Å². The number of sulfonamides is 1. The number of rotatable bonds is 3. The number of hydrogen-bond acceptors (Lipinski definition) is 6. The lowest BCUT2D eigenvalue weighted by Crippen LogP contribution is -2.38. The largest absolute Gasteiger partial charge is 0.454 e. The molecular weight excluding hydrogens is 478 g/mol. The van der Waals surface area contributed by atoms with Crippen molar-refractivity contribution < 1.29 is 27.4 Å². The Hall–Kier alpha value is -4.17. The fourth-order valence-corrected chi connectivity index (χ4v) is 6.68. The van der Waals surface area contributed by atoms with Gasteiger partial charge in [-0.05, 0) is 53.9 Å². The van der Waals surface area contributed by atoms with E-state index < -0.39 is 16.1 Å². The molecule has 8 heteroatoms. The number of ether oxygens (including phenoxy) is 4. The lowest BCUT2D eigenvalue weighted by atomic mass is 9.86. The van der Waals surface area contributed by atoms with E-state index >= 15 is 0 Å². The number of hydrogen-bond donors (Lipinski definition) is 0. The van der Waals surface area contributed by atoms with Crippen LogP contribution in [0.25, 0.3) is 11.1 Å². The molecular formula is C28H21NO6S. The summed E-state index contributed by atoms with van der Waals surface area (Å²) < 4.78 is 53.0. The van der Waals surface area contributed by atoms with Crippen LogP contribution in [0.3, 0.4) is 0 Å². The van der Waals surface area contributed by atoms with Crippen LogP contribution in [0.1, 0.15) is 22.7 Å². The van der Waals surface area contributed by atoms with E-state index in [9.17, 15) is 8.42 Å². The maximum absolute atomic E-state index is 14.4. The Labute approximate surface area is 208 Å². The molecule has 7 nitrogen and oxygen atoms in total. The molecule has 3 heterocycles. The molecule has 0 N–H and O–H groups in total. The molecule has 3 aliphatic heterocycles. The standard InChI is InChI=1S/C28H21NO6S/c1-17-7-9-19(10-8-17)36(30,31)29-23-14-27-25(33-16-35-27)12-21(23)20-11-24-26(34-15-32-24)13-22(20)28(29)18-5-3-2-4-6-18/h2-14,28H,15-16H2,1H3. The monoisotopic (exact) mass is 499 g/mol. The summed E-state index contributed by atoms with van der Waals surface area (Å²) in [5.41, 5.74) is 4.70. The van der Waals surface area contributed by atoms with Crippen LogP contribution >= 0.6 is 0 Å². The van der Waals surface area contributed by atoms with Crippen LogP contribution in [0, 0.1) is 6.92 Å². The zero-order valence-corrected chi connectivity index (χ0v) is 20.1. The summed E-state index contributed by atoms with van der Waals surface area (Å²) in [5, 5.41) is 0. The third-order valence-electron chi connectivity index (χ3n) is 6.79. The first-order valence-corrected chi connectivity index (χ1v) is 13.0. The summed E-state index contributed by atoms with van der Waals surface area (Å²) in [6.07, 6.45) is 0. The fourth-order valence-electron chi connectivity index (χ4n) is 5.05. The van der Waals surface area contributed by atoms with Gasteiger partial charge in [-0.3, -0.25) is 4.31 Å². The Morgan fingerprint density at radius 2 is 1.31 bits per heavy atom. The van der Waals surface area contributed by atoms with Crippen molar-refractivity contribution in [1.82, 2.24) is 0 Å². The molecule has 0 saturated heterocycles. The van der Waals surface area contributed by atoms with Crippen molar-refractivity contribution in [3.63, 3.8) is 0 Å². The molecule has 0 amide bonds. The second kappa shape index (κ2) is 7.66. The van der Waals surface area contributed by atoms with Crippen molar-refractivity contribution >= 4 is 15.7 Å². The average Bonchev–Trinajstić information content (AvgIpc) is 3.55. The first-order valence-electron chi connectivity index (χ1n) is 11.5. The van der Waals surface area contributed by atoms with E-state index in [1.54, 1.807) is 30.3 Å². The molecule has 0 bridgehead atoms. The van der Waals surface area contributed by atoms with E-state index in [-0.39, 0.29) is 18.5 Å². The van der Waals surface area contributed by atoms with Gasteiger partial charge in [0.05, 0.1) is 16.6 Å². The number of benzene rings is 4. The Balaban J connectivity index is 1.56. The average molecular weight is 500 g/mol. The summed E-state index contributed by atoms with van der Waals surface area (Å²) in [6, 6.07) is 23.3. The smallest absolute Gasteiger partial charge is 0.265 e. The highest BCUT2D eigenvalue weighted by atomic mass is 32.2. The first-order chi connectivity index (χ1) is 17.5. The van der Waals surface area contributed by atoms with Crippen LogP contribution in [-0.2, 0) is 10.0 Å². The SMILES string of the molecule is Cc1ccc(S(=O)(=O)N2c3cc4c(cc3-c3cc5c(cc3C2c2ccccc2)OCO5)OCO4)cc1. The first kappa shape index (κ1) is 21.1. The molecule has 4 aromatic rings. The number of aryl methyl sites for hydroxylation is 1. The second-order valence-electron chi connectivity index (χ2n) is 8.94. The summed E-state index contributed by atoms with van der Waals surface area (Å²) in [7, 11) is -4.00. The normalized spacial score (nSPS) is 17.0. The van der Waals surface area contributed by atoms with E-state index in [2.05, 4.69) is 0 Å². The van der Waals surface area contributed by atoms with Gasteiger partial charge in [0.2, 0.25) is 13.6 Å². The van der Waals surface area contributed by atoms with Gasteiger partial charge in [0.1, 0.15) is 0 Å². The van der Waals surface area contributed by atoms with Crippen LogP contribution in [0.15, 0.2) is 83.8 Å². The van der Waals surface area contributed by atoms with Crippen LogP contribution in [0.2, 0.25) is 0 Å². The molecule has 180 valence electrons. The Kier molecular flexibility index (Phi) is 4.50. The van der Waals surface area contributed by atoms with Gasteiger partial charge in [0.15, 0.2) is 23.0 Å². The predicted molar refractivity (Wildman–Crippen MR) is 133 cm³/mol. The van der Waals surface area contributed by atoms with E-state index in [1.165, 1.54) is 4.31 Å². The van der Waals surface area contributed by atoms with Gasteiger partial charge >= 0.3 is 0 Å². The van der Waals surface area contributed by atoms with Crippen LogP contribution in [0.5, 0.6) is 23.0 Å². The zero-order chi connectivity index (χ0) is 24.4. The molecule has 0 spiro atoms. The van der Waals surface area contributed by atoms with Gasteiger partial charge < -0.3 is 18.9 Å². The van der Waals surface area contributed by atoms with E-state index in [4.69, 9.17) is 18.9 Å². The number of fused-ring (bicyclic) bond motifs is 5. The third kappa shape index (κ3) is 3.07. The van der Waals surface area contributed by atoms with Gasteiger partial charge in [-0.2, -0.15) is 0 Å². The minimum atomic E-state index is -4.00. The molecule has 4 aromatic carbocycles. The quantitative estimate of drug-likeness (QED) is 0.375. The molecule has 0 aromatic heterocycles. The van der Waals surface area contributed by atoms with Gasteiger partial charge in [-0.15, -0.1) is 0 Å². The maximum atomic E-state index is 14.4. The zero-order valence-electron chi connectivity index (χ0n) is 19.3. The van der Waals surface area contributed by atoms with Crippen molar-refractivity contribution in [3.05, 3.63) is 95.6 Å². The molecule has 0 saturated carbocycles. The van der Waals surface area contributed by atoms with E-state index in [1.807, 2.05) is 55.5 Å². The highest BCUT2D eigenvalue weighted by Crippen LogP contribution is 2.55. The Morgan fingerprint density at radius 3 is 1.97 bits per heavy atom. The molecule has 1 atom stereocenters. The predicted octanol–water partition coefficient (Wildman–Crippen LogP) is 5.42. The Morgan fingerprint density at radius 1 is 0.722 bits per heavy atom. The van der Waals surface area contributed by atoms with Crippen molar-refractivity contribution in [2.75, 3.05) is 17.9 Å². The Bertz CT molecular complexity index is 1620. The molecule has 0 fully saturated rings. The van der Waals surface area contributed by atoms with E-state index in [0.717, 1.165) is 27.8 Å². The van der Waals surface area contributed by atoms with Gasteiger partial charge in [0, 0.05) is 11.6 Å². The summed E-state index contributed by atoms with van der Waals surface area (Å²) in [6.45, 7) is 2.13. The second-order valence-corrected chi connectivity index (χ2v) is 10.8. The highest BCUT2D eigenvalue weighted by molar-refractivity contribution is 7.92. The van der Waals surface area contributed by atoms with Crippen LogP contribution < -0.4 is 23.3 Å². The molecule has 7 rings (SSSR count). The van der Waals surface area contributed by atoms with Crippen molar-refractivity contribution in [2.45, 2.75) is 17.9 Å². The highest BCUT2D eigenvalue weighted by Gasteiger charge is 2.42. The molecule has 0 aliphatic carbocycles. The van der Waals surface area contributed by atoms with Gasteiger partial charge in [-0.25, -0.2) is 8.42 Å².